The minimum Gasteiger partial charge on any atom is -0.503 e. The Kier molecular flexibility index (Phi) is 9.73. The third-order valence-corrected chi connectivity index (χ3v) is 4.29. The Morgan fingerprint density at radius 1 is 1.20 bits per heavy atom. The van der Waals surface area contributed by atoms with E-state index in [9.17, 15) is 29.1 Å². The normalized spacial score (nSPS) is 11.6. The quantitative estimate of drug-likeness (QED) is 0.426. The van der Waals surface area contributed by atoms with Crippen LogP contribution in [0.4, 0.5) is 0 Å². The Balaban J connectivity index is 2.70. The molecular weight excluding hydrogens is 394 g/mol. The van der Waals surface area contributed by atoms with E-state index in [1.165, 1.54) is 17.7 Å². The van der Waals surface area contributed by atoms with Gasteiger partial charge in [0.2, 0.25) is 17.2 Å². The van der Waals surface area contributed by atoms with Crippen LogP contribution in [0.3, 0.4) is 0 Å². The van der Waals surface area contributed by atoms with Gasteiger partial charge in [0.15, 0.2) is 11.5 Å². The number of aryl methyl sites for hydroxylation is 1. The average molecular weight is 423 g/mol. The van der Waals surface area contributed by atoms with Crippen LogP contribution in [0.5, 0.6) is 5.75 Å². The number of aromatic nitrogens is 1. The minimum atomic E-state index is -0.862. The molecule has 10 heteroatoms. The van der Waals surface area contributed by atoms with Gasteiger partial charge in [-0.25, -0.2) is 0 Å². The first-order valence-electron chi connectivity index (χ1n) is 9.59. The van der Waals surface area contributed by atoms with Crippen LogP contribution in [0, 0.1) is 12.8 Å². The van der Waals surface area contributed by atoms with Crippen LogP contribution in [0.1, 0.15) is 38.8 Å². The molecule has 1 aromatic heterocycles. The van der Waals surface area contributed by atoms with E-state index in [4.69, 9.17) is 0 Å². The van der Waals surface area contributed by atoms with Crippen molar-refractivity contribution in [2.75, 3.05) is 13.7 Å². The first kappa shape index (κ1) is 24.9. The third-order valence-electron chi connectivity index (χ3n) is 4.29. The molecule has 0 aliphatic rings. The number of Topliss-reactive ketones (excluding diaryl/α,β-unsaturated/α-hetero) is 1. The number of hydrogen-bond donors (Lipinski definition) is 3. The molecule has 0 aliphatic carbocycles. The van der Waals surface area contributed by atoms with Crippen molar-refractivity contribution in [3.63, 3.8) is 0 Å². The van der Waals surface area contributed by atoms with E-state index in [0.717, 1.165) is 6.20 Å². The number of methoxy groups -OCH3 is 1. The van der Waals surface area contributed by atoms with E-state index >= 15 is 0 Å². The number of hydrogen-bond acceptors (Lipinski definition) is 7. The molecule has 0 aromatic carbocycles. The zero-order chi connectivity index (χ0) is 22.8. The maximum Gasteiger partial charge on any atom is 0.305 e. The van der Waals surface area contributed by atoms with Crippen molar-refractivity contribution in [2.45, 2.75) is 52.6 Å². The summed E-state index contributed by atoms with van der Waals surface area (Å²) in [5.41, 5.74) is -0.0629. The van der Waals surface area contributed by atoms with E-state index < -0.39 is 35.0 Å². The molecule has 3 N–H and O–H groups in total. The lowest BCUT2D eigenvalue weighted by atomic mass is 10.0. The van der Waals surface area contributed by atoms with Crippen LogP contribution in [0.25, 0.3) is 0 Å². The van der Waals surface area contributed by atoms with Crippen molar-refractivity contribution in [2.24, 2.45) is 5.92 Å². The van der Waals surface area contributed by atoms with Crippen LogP contribution < -0.4 is 16.1 Å². The second-order valence-electron chi connectivity index (χ2n) is 7.37. The van der Waals surface area contributed by atoms with Gasteiger partial charge in [-0.1, -0.05) is 13.8 Å². The predicted molar refractivity (Wildman–Crippen MR) is 108 cm³/mol. The van der Waals surface area contributed by atoms with Crippen molar-refractivity contribution >= 4 is 23.6 Å². The number of esters is 1. The molecule has 0 spiro atoms. The molecule has 0 saturated heterocycles. The number of aromatic hydroxyl groups is 1. The molecule has 0 saturated carbocycles. The molecule has 0 aliphatic heterocycles. The zero-order valence-electron chi connectivity index (χ0n) is 17.7. The van der Waals surface area contributed by atoms with E-state index in [1.54, 1.807) is 6.92 Å². The Labute approximate surface area is 174 Å². The van der Waals surface area contributed by atoms with Crippen LogP contribution in [0.15, 0.2) is 17.1 Å². The lowest BCUT2D eigenvalue weighted by Crippen LogP contribution is -2.49. The lowest BCUT2D eigenvalue weighted by molar-refractivity contribution is -0.141. The van der Waals surface area contributed by atoms with Crippen LogP contribution >= 0.6 is 0 Å². The summed E-state index contributed by atoms with van der Waals surface area (Å²) in [7, 11) is 1.23. The number of carbonyl (C=O) groups excluding carboxylic acids is 4. The molecule has 166 valence electrons. The number of amides is 2. The van der Waals surface area contributed by atoms with Crippen molar-refractivity contribution in [3.8, 4) is 5.75 Å². The molecule has 0 bridgehead atoms. The Morgan fingerprint density at radius 3 is 2.47 bits per heavy atom. The standard InChI is InChI=1S/C20H29N3O7/c1-12(2)7-15(20(29)21-9-14(24)5-6-19(28)30-4)22-18(27)11-23-10-17(26)16(25)8-13(23)3/h8,10,12,15,26H,5-7,9,11H2,1-4H3,(H,21,29)(H,22,27)/t15-/m0/s1. The van der Waals surface area contributed by atoms with Gasteiger partial charge in [0.25, 0.3) is 0 Å². The molecule has 0 unspecified atom stereocenters. The molecule has 2 amide bonds. The highest BCUT2D eigenvalue weighted by atomic mass is 16.5. The number of ether oxygens (including phenoxy) is 1. The van der Waals surface area contributed by atoms with E-state index in [1.807, 2.05) is 13.8 Å². The summed E-state index contributed by atoms with van der Waals surface area (Å²) in [5, 5.41) is 14.7. The molecule has 0 fully saturated rings. The monoisotopic (exact) mass is 423 g/mol. The van der Waals surface area contributed by atoms with Crippen LogP contribution in [-0.4, -0.2) is 52.9 Å². The molecule has 1 aromatic rings. The topological polar surface area (TPSA) is 144 Å². The molecule has 0 radical (unpaired) electrons. The van der Waals surface area contributed by atoms with Crippen molar-refractivity contribution < 1.29 is 29.0 Å². The summed E-state index contributed by atoms with van der Waals surface area (Å²) in [5.74, 6) is -2.22. The molecular formula is C20H29N3O7. The molecule has 1 rings (SSSR count). The Bertz CT molecular complexity index is 845. The van der Waals surface area contributed by atoms with Gasteiger partial charge >= 0.3 is 5.97 Å². The minimum absolute atomic E-state index is 0.0523. The zero-order valence-corrected chi connectivity index (χ0v) is 17.7. The van der Waals surface area contributed by atoms with Crippen molar-refractivity contribution in [1.82, 2.24) is 15.2 Å². The van der Waals surface area contributed by atoms with Gasteiger partial charge in [-0.3, -0.25) is 24.0 Å². The van der Waals surface area contributed by atoms with Crippen LogP contribution in [0.2, 0.25) is 0 Å². The number of ketones is 1. The number of nitrogens with zero attached hydrogens (tertiary/aromatic N) is 1. The second kappa shape index (κ2) is 11.7. The predicted octanol–water partition coefficient (Wildman–Crippen LogP) is 0.0317. The van der Waals surface area contributed by atoms with E-state index in [2.05, 4.69) is 15.4 Å². The largest absolute Gasteiger partial charge is 0.503 e. The van der Waals surface area contributed by atoms with Gasteiger partial charge in [0, 0.05) is 18.2 Å². The van der Waals surface area contributed by atoms with Gasteiger partial charge in [-0.15, -0.1) is 0 Å². The third kappa shape index (κ3) is 8.46. The highest BCUT2D eigenvalue weighted by Crippen LogP contribution is 2.07. The SMILES string of the molecule is COC(=O)CCC(=O)CNC(=O)[C@H](CC(C)C)NC(=O)Cn1cc(O)c(=O)cc1C. The lowest BCUT2D eigenvalue weighted by Gasteiger charge is -2.21. The summed E-state index contributed by atoms with van der Waals surface area (Å²) in [4.78, 5) is 59.2. The van der Waals surface area contributed by atoms with Gasteiger partial charge < -0.3 is 25.0 Å². The fourth-order valence-electron chi connectivity index (χ4n) is 2.67. The first-order valence-corrected chi connectivity index (χ1v) is 9.59. The molecule has 1 heterocycles. The van der Waals surface area contributed by atoms with Gasteiger partial charge in [0.05, 0.1) is 26.3 Å². The van der Waals surface area contributed by atoms with Gasteiger partial charge in [0.1, 0.15) is 12.6 Å². The van der Waals surface area contributed by atoms with E-state index in [-0.39, 0.29) is 37.6 Å². The number of pyridine rings is 1. The Morgan fingerprint density at radius 2 is 1.87 bits per heavy atom. The Hall–Kier alpha value is -3.17. The maximum atomic E-state index is 12.5. The smallest absolute Gasteiger partial charge is 0.305 e. The highest BCUT2D eigenvalue weighted by molar-refractivity contribution is 5.91. The van der Waals surface area contributed by atoms with Gasteiger partial charge in [-0.05, 0) is 19.3 Å². The van der Waals surface area contributed by atoms with Crippen molar-refractivity contribution in [1.29, 1.82) is 0 Å². The fraction of sp³-hybridized carbons (Fsp3) is 0.550. The molecule has 30 heavy (non-hydrogen) atoms. The molecule has 1 atom stereocenters. The summed E-state index contributed by atoms with van der Waals surface area (Å²) in [6, 6.07) is 0.347. The van der Waals surface area contributed by atoms with Crippen LogP contribution in [-0.2, 0) is 30.5 Å². The maximum absolute atomic E-state index is 12.5. The summed E-state index contributed by atoms with van der Waals surface area (Å²) in [6.07, 6.45) is 1.39. The highest BCUT2D eigenvalue weighted by Gasteiger charge is 2.23. The summed E-state index contributed by atoms with van der Waals surface area (Å²) in [6.45, 7) is 4.94. The first-order chi connectivity index (χ1) is 14.0. The summed E-state index contributed by atoms with van der Waals surface area (Å²) < 4.78 is 5.86. The summed E-state index contributed by atoms with van der Waals surface area (Å²) >= 11 is 0. The number of carbonyl (C=O) groups is 4. The van der Waals surface area contributed by atoms with E-state index in [0.29, 0.717) is 12.1 Å². The number of nitrogens with one attached hydrogen (secondary N) is 2. The number of rotatable bonds is 11. The van der Waals surface area contributed by atoms with Gasteiger partial charge in [-0.2, -0.15) is 0 Å². The second-order valence-corrected chi connectivity index (χ2v) is 7.37. The fourth-order valence-corrected chi connectivity index (χ4v) is 2.67. The molecule has 10 nitrogen and oxygen atoms in total. The average Bonchev–Trinajstić information content (AvgIpc) is 2.67. The van der Waals surface area contributed by atoms with Crippen molar-refractivity contribution in [3.05, 3.63) is 28.2 Å².